The molecule has 2 fully saturated rings. The Morgan fingerprint density at radius 2 is 1.83 bits per heavy atom. The van der Waals surface area contributed by atoms with Crippen LogP contribution in [0, 0.1) is 5.41 Å². The number of pyridine rings is 1. The van der Waals surface area contributed by atoms with E-state index >= 15 is 0 Å². The molecular formula is C31H41N5O6. The SMILES string of the molecule is COCC(=O)N1CCC(c2noc(-c3cncc([C@@](O)(c4ccc(C(C)C)cc4)C4(C)CN(C)C4)c3)n2)CC1.O=CO. The molecule has 2 saturated heterocycles. The van der Waals surface area contributed by atoms with Crippen LogP contribution in [-0.4, -0.2) is 94.5 Å². The normalized spacial score (nSPS) is 18.5. The molecule has 0 bridgehead atoms. The lowest BCUT2D eigenvalue weighted by Gasteiger charge is -2.55. The molecule has 3 aromatic rings. The summed E-state index contributed by atoms with van der Waals surface area (Å²) in [5.74, 6) is 1.55. The third-order valence-electron chi connectivity index (χ3n) is 8.43. The number of methoxy groups -OCH3 is 1. The lowest BCUT2D eigenvalue weighted by Crippen LogP contribution is -2.63. The zero-order chi connectivity index (χ0) is 30.5. The molecule has 11 nitrogen and oxygen atoms in total. The van der Waals surface area contributed by atoms with Gasteiger partial charge in [0.15, 0.2) is 5.82 Å². The molecule has 42 heavy (non-hydrogen) atoms. The highest BCUT2D eigenvalue weighted by Crippen LogP contribution is 2.50. The summed E-state index contributed by atoms with van der Waals surface area (Å²) in [6, 6.07) is 10.2. The second-order valence-corrected chi connectivity index (χ2v) is 11.8. The fourth-order valence-electron chi connectivity index (χ4n) is 6.22. The molecule has 0 radical (unpaired) electrons. The summed E-state index contributed by atoms with van der Waals surface area (Å²) in [6.45, 7) is 9.12. The number of hydrogen-bond donors (Lipinski definition) is 2. The van der Waals surface area contributed by atoms with E-state index in [1.807, 2.05) is 23.1 Å². The Hall–Kier alpha value is -3.67. The number of amides is 1. The van der Waals surface area contributed by atoms with Gasteiger partial charge in [-0.1, -0.05) is 50.2 Å². The number of nitrogens with zero attached hydrogens (tertiary/aromatic N) is 5. The molecule has 1 aromatic carbocycles. The second kappa shape index (κ2) is 13.1. The first-order chi connectivity index (χ1) is 20.1. The van der Waals surface area contributed by atoms with E-state index in [-0.39, 0.29) is 24.9 Å². The third kappa shape index (κ3) is 6.23. The molecule has 0 saturated carbocycles. The van der Waals surface area contributed by atoms with Gasteiger partial charge in [0.1, 0.15) is 12.2 Å². The van der Waals surface area contributed by atoms with Gasteiger partial charge in [-0.05, 0) is 43.0 Å². The predicted octanol–water partition coefficient (Wildman–Crippen LogP) is 3.50. The average molecular weight is 580 g/mol. The zero-order valence-corrected chi connectivity index (χ0v) is 25.0. The van der Waals surface area contributed by atoms with E-state index < -0.39 is 11.0 Å². The fourth-order valence-corrected chi connectivity index (χ4v) is 6.22. The molecular weight excluding hydrogens is 538 g/mol. The van der Waals surface area contributed by atoms with Crippen molar-refractivity contribution in [2.45, 2.75) is 51.0 Å². The summed E-state index contributed by atoms with van der Waals surface area (Å²) >= 11 is 0. The molecule has 2 aliphatic heterocycles. The fraction of sp³-hybridized carbons (Fsp3) is 0.516. The highest BCUT2D eigenvalue weighted by atomic mass is 16.5. The number of piperidine rings is 1. The maximum Gasteiger partial charge on any atom is 0.290 e. The van der Waals surface area contributed by atoms with E-state index in [9.17, 15) is 9.90 Å². The van der Waals surface area contributed by atoms with Crippen LogP contribution >= 0.6 is 0 Å². The van der Waals surface area contributed by atoms with Crippen LogP contribution in [0.4, 0.5) is 0 Å². The van der Waals surface area contributed by atoms with Gasteiger partial charge >= 0.3 is 0 Å². The van der Waals surface area contributed by atoms with Gasteiger partial charge in [-0.25, -0.2) is 0 Å². The van der Waals surface area contributed by atoms with Crippen LogP contribution in [0.2, 0.25) is 0 Å². The monoisotopic (exact) mass is 579 g/mol. The summed E-state index contributed by atoms with van der Waals surface area (Å²) in [5, 5.41) is 23.7. The molecule has 5 rings (SSSR count). The van der Waals surface area contributed by atoms with E-state index in [1.54, 1.807) is 12.4 Å². The van der Waals surface area contributed by atoms with Gasteiger partial charge in [0.05, 0.1) is 5.56 Å². The van der Waals surface area contributed by atoms with Crippen LogP contribution in [0.3, 0.4) is 0 Å². The highest BCUT2D eigenvalue weighted by molar-refractivity contribution is 5.77. The van der Waals surface area contributed by atoms with Crippen LogP contribution in [0.25, 0.3) is 11.5 Å². The maximum atomic E-state index is 12.5. The lowest BCUT2D eigenvalue weighted by molar-refractivity contribution is -0.136. The molecule has 1 amide bonds. The molecule has 2 aliphatic rings. The van der Waals surface area contributed by atoms with Gasteiger partial charge in [-0.3, -0.25) is 14.6 Å². The number of benzene rings is 1. The Balaban J connectivity index is 0.00000129. The van der Waals surface area contributed by atoms with E-state index in [0.717, 1.165) is 31.5 Å². The van der Waals surface area contributed by atoms with Crippen LogP contribution in [0.1, 0.15) is 68.0 Å². The number of carbonyl (C=O) groups is 2. The Morgan fingerprint density at radius 1 is 1.19 bits per heavy atom. The van der Waals surface area contributed by atoms with Crippen molar-refractivity contribution in [2.75, 3.05) is 46.9 Å². The molecule has 0 aliphatic carbocycles. The van der Waals surface area contributed by atoms with Gasteiger partial charge in [0.2, 0.25) is 5.91 Å². The molecule has 226 valence electrons. The Bertz CT molecular complexity index is 1350. The van der Waals surface area contributed by atoms with E-state index in [2.05, 4.69) is 55.0 Å². The van der Waals surface area contributed by atoms with Crippen molar-refractivity contribution in [1.82, 2.24) is 24.9 Å². The van der Waals surface area contributed by atoms with Crippen molar-refractivity contribution < 1.29 is 29.1 Å². The highest BCUT2D eigenvalue weighted by Gasteiger charge is 2.55. The number of ether oxygens (including phenoxy) is 1. The van der Waals surface area contributed by atoms with Gasteiger partial charge in [0, 0.05) is 62.6 Å². The van der Waals surface area contributed by atoms with Crippen LogP contribution in [0.5, 0.6) is 0 Å². The van der Waals surface area contributed by atoms with Crippen LogP contribution in [0.15, 0.2) is 47.2 Å². The molecule has 0 unspecified atom stereocenters. The number of likely N-dealkylation sites (tertiary alicyclic amines) is 2. The summed E-state index contributed by atoms with van der Waals surface area (Å²) < 4.78 is 10.7. The smallest absolute Gasteiger partial charge is 0.290 e. The van der Waals surface area contributed by atoms with Crippen molar-refractivity contribution in [3.8, 4) is 11.5 Å². The largest absolute Gasteiger partial charge is 0.483 e. The summed E-state index contributed by atoms with van der Waals surface area (Å²) in [4.78, 5) is 33.7. The Morgan fingerprint density at radius 3 is 2.40 bits per heavy atom. The lowest BCUT2D eigenvalue weighted by atomic mass is 9.62. The summed E-state index contributed by atoms with van der Waals surface area (Å²) in [5.41, 5.74) is 1.82. The molecule has 0 spiro atoms. The summed E-state index contributed by atoms with van der Waals surface area (Å²) in [7, 11) is 3.60. The molecule has 2 aromatic heterocycles. The van der Waals surface area contributed by atoms with Crippen molar-refractivity contribution in [3.05, 3.63) is 65.2 Å². The number of rotatable bonds is 8. The maximum absolute atomic E-state index is 12.5. The third-order valence-corrected chi connectivity index (χ3v) is 8.43. The van der Waals surface area contributed by atoms with Crippen LogP contribution < -0.4 is 0 Å². The topological polar surface area (TPSA) is 142 Å². The number of aromatic nitrogens is 3. The molecule has 1 atom stereocenters. The second-order valence-electron chi connectivity index (χ2n) is 11.8. The molecule has 4 heterocycles. The van der Waals surface area contributed by atoms with Gasteiger partial charge in [0.25, 0.3) is 12.4 Å². The van der Waals surface area contributed by atoms with Gasteiger partial charge < -0.3 is 29.3 Å². The van der Waals surface area contributed by atoms with Crippen molar-refractivity contribution in [1.29, 1.82) is 0 Å². The minimum absolute atomic E-state index is 0.00493. The minimum Gasteiger partial charge on any atom is -0.483 e. The summed E-state index contributed by atoms with van der Waals surface area (Å²) in [6.07, 6.45) is 4.98. The first kappa shape index (κ1) is 31.3. The van der Waals surface area contributed by atoms with E-state index in [0.29, 0.717) is 41.8 Å². The van der Waals surface area contributed by atoms with E-state index in [4.69, 9.17) is 24.1 Å². The number of carbonyl (C=O) groups excluding carboxylic acids is 1. The first-order valence-electron chi connectivity index (χ1n) is 14.2. The number of carboxylic acid groups (broad SMARTS) is 1. The minimum atomic E-state index is -1.25. The molecule has 2 N–H and O–H groups in total. The number of aliphatic hydroxyl groups is 1. The van der Waals surface area contributed by atoms with Gasteiger partial charge in [-0.15, -0.1) is 0 Å². The molecule has 11 heteroatoms. The van der Waals surface area contributed by atoms with Crippen LogP contribution in [-0.2, 0) is 19.9 Å². The Kier molecular flexibility index (Phi) is 9.75. The van der Waals surface area contributed by atoms with E-state index in [1.165, 1.54) is 12.7 Å². The van der Waals surface area contributed by atoms with Crippen molar-refractivity contribution >= 4 is 12.4 Å². The predicted molar refractivity (Wildman–Crippen MR) is 156 cm³/mol. The average Bonchev–Trinajstić information content (AvgIpc) is 3.47. The number of hydrogen-bond acceptors (Lipinski definition) is 9. The standard InChI is InChI=1S/C30H39N5O4.CH2O2/c1-20(2)21-6-8-24(9-7-21)30(37,29(3)18-34(4)19-29)25-14-23(15-31-16-25)28-32-27(33-39-28)22-10-12-35(13-11-22)26(36)17-38-5;2-1-3/h6-9,14-16,20,22,37H,10-13,17-19H2,1-5H3;1H,(H,2,3)/t30-;/m0./s1. The first-order valence-corrected chi connectivity index (χ1v) is 14.2. The quantitative estimate of drug-likeness (QED) is 0.381. The zero-order valence-electron chi connectivity index (χ0n) is 25.0. The van der Waals surface area contributed by atoms with Gasteiger partial charge in [-0.2, -0.15) is 4.98 Å². The van der Waals surface area contributed by atoms with Crippen molar-refractivity contribution in [3.63, 3.8) is 0 Å². The Labute approximate surface area is 246 Å². The van der Waals surface area contributed by atoms with Crippen molar-refractivity contribution in [2.24, 2.45) is 5.41 Å².